The Morgan fingerprint density at radius 2 is 2.00 bits per heavy atom. The normalized spacial score (nSPS) is 11.8. The van der Waals surface area contributed by atoms with E-state index >= 15 is 0 Å². The lowest BCUT2D eigenvalue weighted by molar-refractivity contribution is -0.137. The van der Waals surface area contributed by atoms with Gasteiger partial charge in [0.2, 0.25) is 5.91 Å². The molecule has 5 nitrogen and oxygen atoms in total. The number of amides is 1. The lowest BCUT2D eigenvalue weighted by Gasteiger charge is -2.31. The minimum absolute atomic E-state index is 0.000266. The zero-order valence-electron chi connectivity index (χ0n) is 12.9. The second-order valence-electron chi connectivity index (χ2n) is 5.09. The van der Waals surface area contributed by atoms with E-state index in [1.807, 2.05) is 43.0 Å². The number of para-hydroxylation sites is 1. The highest BCUT2D eigenvalue weighted by Crippen LogP contribution is 2.22. The van der Waals surface area contributed by atoms with Crippen molar-refractivity contribution in [3.05, 3.63) is 29.8 Å². The van der Waals surface area contributed by atoms with E-state index in [4.69, 9.17) is 5.11 Å². The standard InChI is InChI=1S/C16H24N2O3/c1-4-10-17-16(21)13(3)18(11-9-15(19)20)14-8-6-5-7-12(14)2/h5-8,13H,4,9-11H2,1-3H3,(H,17,21)(H,19,20). The van der Waals surface area contributed by atoms with Crippen molar-refractivity contribution in [2.75, 3.05) is 18.0 Å². The Labute approximate surface area is 126 Å². The summed E-state index contributed by atoms with van der Waals surface area (Å²) in [4.78, 5) is 24.9. The Morgan fingerprint density at radius 1 is 1.33 bits per heavy atom. The molecule has 0 aliphatic heterocycles. The van der Waals surface area contributed by atoms with E-state index in [0.29, 0.717) is 13.1 Å². The van der Waals surface area contributed by atoms with Gasteiger partial charge in [-0.2, -0.15) is 0 Å². The Kier molecular flexibility index (Phi) is 6.72. The number of anilines is 1. The van der Waals surface area contributed by atoms with Gasteiger partial charge in [-0.1, -0.05) is 25.1 Å². The van der Waals surface area contributed by atoms with E-state index in [2.05, 4.69) is 5.32 Å². The molecule has 0 aliphatic carbocycles. The average molecular weight is 292 g/mol. The molecule has 0 aliphatic rings. The number of aryl methyl sites for hydroxylation is 1. The monoisotopic (exact) mass is 292 g/mol. The third kappa shape index (κ3) is 5.10. The molecule has 1 aromatic rings. The van der Waals surface area contributed by atoms with Gasteiger partial charge >= 0.3 is 5.97 Å². The number of benzene rings is 1. The van der Waals surface area contributed by atoms with Gasteiger partial charge in [0, 0.05) is 18.8 Å². The van der Waals surface area contributed by atoms with Crippen LogP contribution in [0.25, 0.3) is 0 Å². The Bertz CT molecular complexity index is 488. The van der Waals surface area contributed by atoms with Gasteiger partial charge in [-0.15, -0.1) is 0 Å². The Hall–Kier alpha value is -2.04. The van der Waals surface area contributed by atoms with Crippen molar-refractivity contribution in [3.8, 4) is 0 Å². The number of rotatable bonds is 8. The van der Waals surface area contributed by atoms with Gasteiger partial charge in [0.15, 0.2) is 0 Å². The van der Waals surface area contributed by atoms with Crippen LogP contribution >= 0.6 is 0 Å². The van der Waals surface area contributed by atoms with Crippen molar-refractivity contribution < 1.29 is 14.7 Å². The van der Waals surface area contributed by atoms with Crippen molar-refractivity contribution in [1.82, 2.24) is 5.32 Å². The van der Waals surface area contributed by atoms with E-state index in [0.717, 1.165) is 17.7 Å². The third-order valence-electron chi connectivity index (χ3n) is 3.39. The van der Waals surface area contributed by atoms with Crippen LogP contribution < -0.4 is 10.2 Å². The van der Waals surface area contributed by atoms with Crippen molar-refractivity contribution in [1.29, 1.82) is 0 Å². The molecule has 0 heterocycles. The summed E-state index contributed by atoms with van der Waals surface area (Å²) in [6.45, 7) is 6.69. The third-order valence-corrected chi connectivity index (χ3v) is 3.39. The number of hydrogen-bond acceptors (Lipinski definition) is 3. The second kappa shape index (κ2) is 8.29. The zero-order valence-corrected chi connectivity index (χ0v) is 12.9. The number of carboxylic acid groups (broad SMARTS) is 1. The molecule has 0 radical (unpaired) electrons. The fourth-order valence-electron chi connectivity index (χ4n) is 2.16. The Balaban J connectivity index is 2.93. The minimum Gasteiger partial charge on any atom is -0.481 e. The van der Waals surface area contributed by atoms with Crippen LogP contribution in [0.1, 0.15) is 32.3 Å². The molecule has 2 N–H and O–H groups in total. The molecule has 0 saturated heterocycles. The number of carbonyl (C=O) groups is 2. The van der Waals surface area contributed by atoms with Crippen LogP contribution in [-0.2, 0) is 9.59 Å². The van der Waals surface area contributed by atoms with E-state index < -0.39 is 12.0 Å². The maximum Gasteiger partial charge on any atom is 0.305 e. The molecule has 0 saturated carbocycles. The first-order chi connectivity index (χ1) is 9.97. The van der Waals surface area contributed by atoms with Crippen molar-refractivity contribution in [2.45, 2.75) is 39.7 Å². The van der Waals surface area contributed by atoms with Crippen LogP contribution in [0.4, 0.5) is 5.69 Å². The molecule has 1 aromatic carbocycles. The van der Waals surface area contributed by atoms with Crippen LogP contribution in [0.15, 0.2) is 24.3 Å². The van der Waals surface area contributed by atoms with E-state index in [1.165, 1.54) is 0 Å². The molecular formula is C16H24N2O3. The highest BCUT2D eigenvalue weighted by atomic mass is 16.4. The summed E-state index contributed by atoms with van der Waals surface area (Å²) in [5, 5.41) is 11.8. The summed E-state index contributed by atoms with van der Waals surface area (Å²) >= 11 is 0. The molecule has 1 rings (SSSR count). The summed E-state index contributed by atoms with van der Waals surface area (Å²) in [6.07, 6.45) is 0.873. The van der Waals surface area contributed by atoms with Gasteiger partial charge in [-0.05, 0) is 31.9 Å². The molecule has 1 amide bonds. The maximum absolute atomic E-state index is 12.2. The van der Waals surface area contributed by atoms with E-state index in [9.17, 15) is 9.59 Å². The molecule has 0 bridgehead atoms. The smallest absolute Gasteiger partial charge is 0.305 e. The number of nitrogens with one attached hydrogen (secondary N) is 1. The molecule has 1 atom stereocenters. The quantitative estimate of drug-likeness (QED) is 0.770. The van der Waals surface area contributed by atoms with Crippen molar-refractivity contribution in [2.24, 2.45) is 0 Å². The van der Waals surface area contributed by atoms with Crippen molar-refractivity contribution >= 4 is 17.6 Å². The van der Waals surface area contributed by atoms with Crippen molar-refractivity contribution in [3.63, 3.8) is 0 Å². The second-order valence-corrected chi connectivity index (χ2v) is 5.09. The van der Waals surface area contributed by atoms with Gasteiger partial charge in [-0.3, -0.25) is 9.59 Å². The predicted molar refractivity (Wildman–Crippen MR) is 83.5 cm³/mol. The summed E-state index contributed by atoms with van der Waals surface area (Å²) in [5.74, 6) is -0.944. The zero-order chi connectivity index (χ0) is 15.8. The minimum atomic E-state index is -0.866. The summed E-state index contributed by atoms with van der Waals surface area (Å²) < 4.78 is 0. The topological polar surface area (TPSA) is 69.6 Å². The van der Waals surface area contributed by atoms with Gasteiger partial charge in [0.05, 0.1) is 6.42 Å². The molecule has 116 valence electrons. The lowest BCUT2D eigenvalue weighted by atomic mass is 10.1. The SMILES string of the molecule is CCCNC(=O)C(C)N(CCC(=O)O)c1ccccc1C. The molecule has 21 heavy (non-hydrogen) atoms. The predicted octanol–water partition coefficient (Wildman–Crippen LogP) is 2.19. The van der Waals surface area contributed by atoms with Crippen LogP contribution in [0.5, 0.6) is 0 Å². The number of hydrogen-bond donors (Lipinski definition) is 2. The largest absolute Gasteiger partial charge is 0.481 e. The van der Waals surface area contributed by atoms with Gasteiger partial charge in [0.1, 0.15) is 6.04 Å². The average Bonchev–Trinajstić information content (AvgIpc) is 2.46. The number of aliphatic carboxylic acids is 1. The molecular weight excluding hydrogens is 268 g/mol. The number of nitrogens with zero attached hydrogens (tertiary/aromatic N) is 1. The van der Waals surface area contributed by atoms with Crippen LogP contribution in [0, 0.1) is 6.92 Å². The van der Waals surface area contributed by atoms with E-state index in [1.54, 1.807) is 6.92 Å². The highest BCUT2D eigenvalue weighted by Gasteiger charge is 2.22. The molecule has 0 spiro atoms. The molecule has 0 fully saturated rings. The van der Waals surface area contributed by atoms with Gasteiger partial charge in [0.25, 0.3) is 0 Å². The lowest BCUT2D eigenvalue weighted by Crippen LogP contribution is -2.46. The first-order valence-corrected chi connectivity index (χ1v) is 7.29. The molecule has 5 heteroatoms. The van der Waals surface area contributed by atoms with Crippen LogP contribution in [-0.4, -0.2) is 36.1 Å². The highest BCUT2D eigenvalue weighted by molar-refractivity contribution is 5.85. The molecule has 0 aromatic heterocycles. The summed E-state index contributed by atoms with van der Waals surface area (Å²) in [6, 6.07) is 7.29. The summed E-state index contributed by atoms with van der Waals surface area (Å²) in [7, 11) is 0. The maximum atomic E-state index is 12.2. The summed E-state index contributed by atoms with van der Waals surface area (Å²) in [5.41, 5.74) is 1.93. The fraction of sp³-hybridized carbons (Fsp3) is 0.500. The first-order valence-electron chi connectivity index (χ1n) is 7.29. The number of carboxylic acids is 1. The number of carbonyl (C=O) groups excluding carboxylic acids is 1. The van der Waals surface area contributed by atoms with Crippen LogP contribution in [0.3, 0.4) is 0 Å². The van der Waals surface area contributed by atoms with Gasteiger partial charge in [-0.25, -0.2) is 0 Å². The first kappa shape index (κ1) is 17.0. The van der Waals surface area contributed by atoms with Crippen LogP contribution in [0.2, 0.25) is 0 Å². The fourth-order valence-corrected chi connectivity index (χ4v) is 2.16. The van der Waals surface area contributed by atoms with Gasteiger partial charge < -0.3 is 15.3 Å². The Morgan fingerprint density at radius 3 is 2.57 bits per heavy atom. The molecule has 1 unspecified atom stereocenters. The van der Waals surface area contributed by atoms with E-state index in [-0.39, 0.29) is 12.3 Å².